The van der Waals surface area contributed by atoms with Gasteiger partial charge < -0.3 is 4.98 Å². The summed E-state index contributed by atoms with van der Waals surface area (Å²) >= 11 is 0. The first-order valence-electron chi connectivity index (χ1n) is 8.26. The number of nitrogens with one attached hydrogen (secondary N) is 1. The highest BCUT2D eigenvalue weighted by Gasteiger charge is 2.54. The first-order chi connectivity index (χ1) is 10.4. The lowest BCUT2D eigenvalue weighted by atomic mass is 9.86. The molecule has 0 spiro atoms. The summed E-state index contributed by atoms with van der Waals surface area (Å²) in [6.07, 6.45) is 0. The number of benzene rings is 1. The quantitative estimate of drug-likeness (QED) is 0.746. The van der Waals surface area contributed by atoms with E-state index >= 15 is 0 Å². The molecule has 0 atom stereocenters. The van der Waals surface area contributed by atoms with Crippen LogP contribution in [-0.4, -0.2) is 13.8 Å². The fraction of sp³-hybridized carbons (Fsp3) is 0.450. The third-order valence-corrected chi connectivity index (χ3v) is 7.82. The van der Waals surface area contributed by atoms with Crippen molar-refractivity contribution >= 4 is 8.24 Å². The van der Waals surface area contributed by atoms with Gasteiger partial charge in [0.15, 0.2) is 0 Å². The molecule has 1 fully saturated rings. The molecule has 1 aromatic carbocycles. The highest BCUT2D eigenvalue weighted by Crippen LogP contribution is 2.57. The molecule has 1 nitrogen and oxygen atoms in total. The van der Waals surface area contributed by atoms with E-state index in [2.05, 4.69) is 59.6 Å². The molecule has 125 valence electrons. The molecule has 0 saturated heterocycles. The van der Waals surface area contributed by atoms with Gasteiger partial charge in [-0.15, -0.1) is 0 Å². The van der Waals surface area contributed by atoms with Crippen molar-refractivity contribution < 1.29 is 4.39 Å². The first kappa shape index (κ1) is 18.7. The predicted molar refractivity (Wildman–Crippen MR) is 99.1 cm³/mol. The van der Waals surface area contributed by atoms with Crippen LogP contribution >= 0.6 is 0 Å². The summed E-state index contributed by atoms with van der Waals surface area (Å²) in [5.74, 6) is 5.18. The highest BCUT2D eigenvalue weighted by atomic mass is 28.3. The smallest absolute Gasteiger partial charge is 0.128 e. The summed E-state index contributed by atoms with van der Waals surface area (Å²) in [7, 11) is -1.85. The van der Waals surface area contributed by atoms with Gasteiger partial charge in [0.25, 0.3) is 0 Å². The molecule has 0 amide bonds. The van der Waals surface area contributed by atoms with Gasteiger partial charge in [-0.05, 0) is 56.2 Å². The van der Waals surface area contributed by atoms with E-state index in [0.29, 0.717) is 0 Å². The van der Waals surface area contributed by atoms with Gasteiger partial charge in [0, 0.05) is 17.0 Å². The number of rotatable bonds is 3. The van der Waals surface area contributed by atoms with E-state index in [0.717, 1.165) is 5.56 Å². The van der Waals surface area contributed by atoms with Crippen molar-refractivity contribution in [2.45, 2.75) is 60.2 Å². The largest absolute Gasteiger partial charge is 0.332 e. The molecule has 1 aromatic rings. The maximum atomic E-state index is 13.3. The second-order valence-corrected chi connectivity index (χ2v) is 12.1. The molecule has 2 rings (SSSR count). The van der Waals surface area contributed by atoms with E-state index in [9.17, 15) is 4.39 Å². The average molecular weight is 331 g/mol. The average Bonchev–Trinajstić information content (AvgIpc) is 2.62. The minimum Gasteiger partial charge on any atom is -0.332 e. The van der Waals surface area contributed by atoms with Crippen LogP contribution in [0.5, 0.6) is 0 Å². The summed E-state index contributed by atoms with van der Waals surface area (Å²) in [5, 5.41) is 0. The van der Waals surface area contributed by atoms with Crippen LogP contribution in [0.2, 0.25) is 13.1 Å². The highest BCUT2D eigenvalue weighted by molar-refractivity contribution is 6.82. The Morgan fingerprint density at radius 1 is 0.870 bits per heavy atom. The lowest BCUT2D eigenvalue weighted by molar-refractivity contribution is 0.511. The van der Waals surface area contributed by atoms with E-state index in [1.54, 1.807) is 12.1 Å². The van der Waals surface area contributed by atoms with E-state index in [-0.39, 0.29) is 11.4 Å². The summed E-state index contributed by atoms with van der Waals surface area (Å²) in [5.41, 5.74) is 2.64. The molecule has 1 aliphatic carbocycles. The first-order valence-corrected chi connectivity index (χ1v) is 11.3. The Hall–Kier alpha value is -0.673. The van der Waals surface area contributed by atoms with Crippen molar-refractivity contribution in [1.29, 1.82) is 0 Å². The Morgan fingerprint density at radius 2 is 1.39 bits per heavy atom. The maximum Gasteiger partial charge on any atom is 0.128 e. The van der Waals surface area contributed by atoms with Crippen LogP contribution in [0.4, 0.5) is 4.39 Å². The van der Waals surface area contributed by atoms with Crippen LogP contribution in [0, 0.1) is 35.0 Å². The zero-order chi connectivity index (χ0) is 17.6. The van der Waals surface area contributed by atoms with Crippen molar-refractivity contribution in [2.75, 3.05) is 0 Å². The molecule has 0 heterocycles. The fourth-order valence-electron chi connectivity index (χ4n) is 3.79. The second kappa shape index (κ2) is 6.32. The van der Waals surface area contributed by atoms with Gasteiger partial charge in [-0.3, -0.25) is 0 Å². The minimum atomic E-state index is -1.85. The van der Waals surface area contributed by atoms with Crippen LogP contribution in [-0.2, 0) is 0 Å². The van der Waals surface area contributed by atoms with Crippen molar-refractivity contribution in [3.63, 3.8) is 0 Å². The van der Waals surface area contributed by atoms with Crippen LogP contribution in [0.15, 0.2) is 24.3 Å². The third kappa shape index (κ3) is 3.88. The van der Waals surface area contributed by atoms with E-state index in [4.69, 9.17) is 0 Å². The lowest BCUT2D eigenvalue weighted by Crippen LogP contribution is -2.59. The maximum absolute atomic E-state index is 13.3. The van der Waals surface area contributed by atoms with E-state index in [1.807, 2.05) is 12.1 Å². The van der Waals surface area contributed by atoms with Gasteiger partial charge in [0.2, 0.25) is 0 Å². The van der Waals surface area contributed by atoms with Crippen LogP contribution in [0.3, 0.4) is 0 Å². The number of hydrogen-bond donors (Lipinski definition) is 1. The Balaban J connectivity index is 2.42. The molecule has 5 radical (unpaired) electrons. The fourth-order valence-corrected chi connectivity index (χ4v) is 7.87. The molecule has 3 heteroatoms. The van der Waals surface area contributed by atoms with Gasteiger partial charge >= 0.3 is 0 Å². The molecule has 1 saturated carbocycles. The number of halogens is 1. The van der Waals surface area contributed by atoms with Gasteiger partial charge in [-0.1, -0.05) is 46.0 Å². The molecular formula is C20H29FNSi. The lowest BCUT2D eigenvalue weighted by Gasteiger charge is -2.41. The normalized spacial score (nSPS) is 20.6. The van der Waals surface area contributed by atoms with Gasteiger partial charge in [-0.25, -0.2) is 4.39 Å². The minimum absolute atomic E-state index is 0.0707. The van der Waals surface area contributed by atoms with Gasteiger partial charge in [-0.2, -0.15) is 0 Å². The van der Waals surface area contributed by atoms with Crippen LogP contribution < -0.4 is 4.98 Å². The zero-order valence-corrected chi connectivity index (χ0v) is 16.7. The molecule has 1 N–H and O–H groups in total. The summed E-state index contributed by atoms with van der Waals surface area (Å²) in [6.45, 7) is 18.0. The topological polar surface area (TPSA) is 12.0 Å². The van der Waals surface area contributed by atoms with E-state index < -0.39 is 8.24 Å². The molecule has 0 aromatic heterocycles. The standard InChI is InChI=1S/C20H29FNSi/c1-13-14(2)18(16-9-11-17(21)12-10-16)19(15(13)3)23(7,8)22-20(4,5)6/h9-12,22H,1-8H3. The van der Waals surface area contributed by atoms with Crippen LogP contribution in [0.25, 0.3) is 0 Å². The van der Waals surface area contributed by atoms with Gasteiger partial charge in [0.1, 0.15) is 14.1 Å². The Labute approximate surface area is 143 Å². The molecule has 23 heavy (non-hydrogen) atoms. The Morgan fingerprint density at radius 3 is 1.87 bits per heavy atom. The monoisotopic (exact) mass is 330 g/mol. The SMILES string of the molecule is C[C]1[C](C)[C](c2ccc(F)cc2)[C]([Si](C)(C)NC(C)(C)C)[C]1C. The van der Waals surface area contributed by atoms with Crippen molar-refractivity contribution in [3.8, 4) is 0 Å². The predicted octanol–water partition coefficient (Wildman–Crippen LogP) is 5.25. The van der Waals surface area contributed by atoms with Crippen molar-refractivity contribution in [2.24, 2.45) is 0 Å². The molecule has 1 aliphatic rings. The zero-order valence-electron chi connectivity index (χ0n) is 15.7. The molecule has 0 unspecified atom stereocenters. The number of hydrogen-bond acceptors (Lipinski definition) is 1. The second-order valence-electron chi connectivity index (χ2n) is 8.13. The Kier molecular flexibility index (Phi) is 5.13. The van der Waals surface area contributed by atoms with Crippen molar-refractivity contribution in [3.05, 3.63) is 64.9 Å². The van der Waals surface area contributed by atoms with Crippen molar-refractivity contribution in [1.82, 2.24) is 4.98 Å². The summed E-state index contributed by atoms with van der Waals surface area (Å²) < 4.78 is 13.3. The molecular weight excluding hydrogens is 301 g/mol. The van der Waals surface area contributed by atoms with E-state index in [1.165, 1.54) is 29.2 Å². The third-order valence-electron chi connectivity index (χ3n) is 4.57. The van der Waals surface area contributed by atoms with Gasteiger partial charge in [0.05, 0.1) is 0 Å². The van der Waals surface area contributed by atoms with Crippen LogP contribution in [0.1, 0.15) is 47.1 Å². The molecule has 0 bridgehead atoms. The summed E-state index contributed by atoms with van der Waals surface area (Å²) in [4.78, 5) is 3.88. The Bertz CT molecular complexity index is 532. The summed E-state index contributed by atoms with van der Waals surface area (Å²) in [6, 6.07) is 6.92. The molecule has 0 aliphatic heterocycles.